The number of halogens is 1. The minimum atomic E-state index is -0.492. The van der Waals surface area contributed by atoms with Crippen molar-refractivity contribution in [3.63, 3.8) is 0 Å². The molecule has 2 amide bonds. The van der Waals surface area contributed by atoms with Crippen molar-refractivity contribution in [1.82, 2.24) is 10.9 Å². The van der Waals surface area contributed by atoms with Gasteiger partial charge >= 0.3 is 5.91 Å². The molecule has 0 unspecified atom stereocenters. The van der Waals surface area contributed by atoms with Gasteiger partial charge in [0.05, 0.1) is 12.0 Å². The van der Waals surface area contributed by atoms with Crippen molar-refractivity contribution in [2.24, 2.45) is 0 Å². The molecule has 0 saturated carbocycles. The van der Waals surface area contributed by atoms with Crippen LogP contribution >= 0.6 is 23.4 Å². The second-order valence-electron chi connectivity index (χ2n) is 4.10. The lowest BCUT2D eigenvalue weighted by Gasteiger charge is -2.06. The van der Waals surface area contributed by atoms with Gasteiger partial charge in [0.15, 0.2) is 5.76 Å². The Balaban J connectivity index is 1.67. The zero-order valence-electron chi connectivity index (χ0n) is 11.0. The highest BCUT2D eigenvalue weighted by atomic mass is 35.5. The number of nitrogens with one attached hydrogen (secondary N) is 2. The number of rotatable bonds is 5. The summed E-state index contributed by atoms with van der Waals surface area (Å²) in [7, 11) is 0. The maximum atomic E-state index is 11.6. The Hall–Kier alpha value is -1.92. The van der Waals surface area contributed by atoms with Crippen LogP contribution in [-0.2, 0) is 10.5 Å². The number of hydrogen-bond donors (Lipinski definition) is 2. The number of amides is 2. The molecule has 0 bridgehead atoms. The molecule has 1 aromatic heterocycles. The van der Waals surface area contributed by atoms with Crippen LogP contribution in [0, 0.1) is 0 Å². The maximum absolute atomic E-state index is 11.6. The van der Waals surface area contributed by atoms with E-state index in [4.69, 9.17) is 16.0 Å². The van der Waals surface area contributed by atoms with Crippen LogP contribution in [-0.4, -0.2) is 17.6 Å². The second-order valence-corrected chi connectivity index (χ2v) is 5.52. The van der Waals surface area contributed by atoms with Crippen molar-refractivity contribution in [3.8, 4) is 0 Å². The van der Waals surface area contributed by atoms with Gasteiger partial charge in [-0.25, -0.2) is 0 Å². The second kappa shape index (κ2) is 7.75. The molecule has 21 heavy (non-hydrogen) atoms. The molecule has 110 valence electrons. The first-order valence-electron chi connectivity index (χ1n) is 6.10. The van der Waals surface area contributed by atoms with Crippen LogP contribution < -0.4 is 10.9 Å². The van der Waals surface area contributed by atoms with E-state index >= 15 is 0 Å². The van der Waals surface area contributed by atoms with E-state index < -0.39 is 5.91 Å². The van der Waals surface area contributed by atoms with Gasteiger partial charge in [-0.05, 0) is 29.8 Å². The van der Waals surface area contributed by atoms with Gasteiger partial charge in [0, 0.05) is 10.8 Å². The average molecular weight is 325 g/mol. The van der Waals surface area contributed by atoms with E-state index in [9.17, 15) is 9.59 Å². The van der Waals surface area contributed by atoms with Crippen LogP contribution in [0.1, 0.15) is 16.1 Å². The first-order valence-corrected chi connectivity index (χ1v) is 7.63. The molecule has 2 rings (SSSR count). The Labute approximate surface area is 131 Å². The number of carbonyl (C=O) groups excluding carboxylic acids is 2. The van der Waals surface area contributed by atoms with E-state index in [1.807, 2.05) is 18.2 Å². The summed E-state index contributed by atoms with van der Waals surface area (Å²) in [6.45, 7) is 0. The monoisotopic (exact) mass is 324 g/mol. The summed E-state index contributed by atoms with van der Waals surface area (Å²) < 4.78 is 4.90. The number of hydrazine groups is 1. The fourth-order valence-electron chi connectivity index (χ4n) is 1.52. The highest BCUT2D eigenvalue weighted by Crippen LogP contribution is 2.16. The van der Waals surface area contributed by atoms with Gasteiger partial charge in [-0.3, -0.25) is 20.4 Å². The molecule has 5 nitrogen and oxygen atoms in total. The van der Waals surface area contributed by atoms with Crippen LogP contribution in [0.4, 0.5) is 0 Å². The summed E-state index contributed by atoms with van der Waals surface area (Å²) in [4.78, 5) is 23.1. The van der Waals surface area contributed by atoms with Crippen molar-refractivity contribution in [3.05, 3.63) is 59.0 Å². The van der Waals surface area contributed by atoms with Crippen molar-refractivity contribution >= 4 is 35.2 Å². The molecule has 1 aromatic carbocycles. The third-order valence-corrected chi connectivity index (χ3v) is 3.69. The molecular formula is C14H13ClN2O3S. The molecule has 2 N–H and O–H groups in total. The molecule has 0 atom stereocenters. The highest BCUT2D eigenvalue weighted by molar-refractivity contribution is 7.99. The minimum absolute atomic E-state index is 0.141. The van der Waals surface area contributed by atoms with Gasteiger partial charge in [0.25, 0.3) is 0 Å². The van der Waals surface area contributed by atoms with Crippen molar-refractivity contribution in [2.45, 2.75) is 5.75 Å². The number of thioether (sulfide) groups is 1. The number of furan rings is 1. The van der Waals surface area contributed by atoms with E-state index in [-0.39, 0.29) is 17.4 Å². The Morgan fingerprint density at radius 3 is 2.76 bits per heavy atom. The summed E-state index contributed by atoms with van der Waals surface area (Å²) in [6, 6.07) is 10.6. The van der Waals surface area contributed by atoms with E-state index in [2.05, 4.69) is 10.9 Å². The number of carbonyl (C=O) groups is 2. The summed E-state index contributed by atoms with van der Waals surface area (Å²) in [5.74, 6) is 0.252. The van der Waals surface area contributed by atoms with Gasteiger partial charge in [-0.2, -0.15) is 0 Å². The standard InChI is InChI=1S/C14H13ClN2O3S/c15-11-4-1-3-10(7-11)8-21-9-13(18)16-17-14(19)12-5-2-6-20-12/h1-7H,8-9H2,(H,16,18)(H,17,19). The summed E-state index contributed by atoms with van der Waals surface area (Å²) in [6.07, 6.45) is 1.39. The maximum Gasteiger partial charge on any atom is 0.305 e. The molecule has 0 radical (unpaired) electrons. The fourth-order valence-corrected chi connectivity index (χ4v) is 2.51. The van der Waals surface area contributed by atoms with Crippen LogP contribution in [0.3, 0.4) is 0 Å². The first kappa shape index (κ1) is 15.5. The average Bonchev–Trinajstić information content (AvgIpc) is 2.99. The van der Waals surface area contributed by atoms with E-state index in [1.165, 1.54) is 24.1 Å². The van der Waals surface area contributed by atoms with Gasteiger partial charge < -0.3 is 4.42 Å². The van der Waals surface area contributed by atoms with Crippen molar-refractivity contribution < 1.29 is 14.0 Å². The molecule has 0 spiro atoms. The molecule has 0 aliphatic heterocycles. The zero-order valence-corrected chi connectivity index (χ0v) is 12.5. The van der Waals surface area contributed by atoms with Gasteiger partial charge in [0.2, 0.25) is 5.91 Å². The lowest BCUT2D eigenvalue weighted by Crippen LogP contribution is -2.42. The SMILES string of the molecule is O=C(CSCc1cccc(Cl)c1)NNC(=O)c1ccco1. The molecular weight excluding hydrogens is 312 g/mol. The minimum Gasteiger partial charge on any atom is -0.459 e. The summed E-state index contributed by atoms with van der Waals surface area (Å²) >= 11 is 7.30. The lowest BCUT2D eigenvalue weighted by atomic mass is 10.2. The van der Waals surface area contributed by atoms with Gasteiger partial charge in [0.1, 0.15) is 0 Å². The summed E-state index contributed by atoms with van der Waals surface area (Å²) in [5, 5.41) is 0.670. The molecule has 0 aliphatic carbocycles. The largest absolute Gasteiger partial charge is 0.459 e. The third kappa shape index (κ3) is 5.17. The topological polar surface area (TPSA) is 71.3 Å². The predicted octanol–water partition coefficient (Wildman–Crippen LogP) is 2.63. The van der Waals surface area contributed by atoms with E-state index in [0.29, 0.717) is 10.8 Å². The predicted molar refractivity (Wildman–Crippen MR) is 81.9 cm³/mol. The van der Waals surface area contributed by atoms with Crippen molar-refractivity contribution in [2.75, 3.05) is 5.75 Å². The molecule has 0 aliphatic rings. The fraction of sp³-hybridized carbons (Fsp3) is 0.143. The van der Waals surface area contributed by atoms with Gasteiger partial charge in [-0.1, -0.05) is 23.7 Å². The highest BCUT2D eigenvalue weighted by Gasteiger charge is 2.09. The third-order valence-electron chi connectivity index (χ3n) is 2.45. The Morgan fingerprint density at radius 2 is 2.05 bits per heavy atom. The normalized spacial score (nSPS) is 10.1. The molecule has 7 heteroatoms. The molecule has 1 heterocycles. The Kier molecular flexibility index (Phi) is 5.71. The quantitative estimate of drug-likeness (QED) is 0.829. The van der Waals surface area contributed by atoms with Crippen LogP contribution in [0.25, 0.3) is 0 Å². The first-order chi connectivity index (χ1) is 10.1. The van der Waals surface area contributed by atoms with Gasteiger partial charge in [-0.15, -0.1) is 11.8 Å². The van der Waals surface area contributed by atoms with Crippen LogP contribution in [0.2, 0.25) is 5.02 Å². The molecule has 2 aromatic rings. The van der Waals surface area contributed by atoms with E-state index in [1.54, 1.807) is 12.1 Å². The van der Waals surface area contributed by atoms with Crippen LogP contribution in [0.5, 0.6) is 0 Å². The smallest absolute Gasteiger partial charge is 0.305 e. The Morgan fingerprint density at radius 1 is 1.19 bits per heavy atom. The lowest BCUT2D eigenvalue weighted by molar-refractivity contribution is -0.119. The van der Waals surface area contributed by atoms with E-state index in [0.717, 1.165) is 5.56 Å². The summed E-state index contributed by atoms with van der Waals surface area (Å²) in [5.41, 5.74) is 5.64. The zero-order chi connectivity index (χ0) is 15.1. The number of hydrogen-bond acceptors (Lipinski definition) is 4. The van der Waals surface area contributed by atoms with Crippen LogP contribution in [0.15, 0.2) is 47.1 Å². The Bertz CT molecular complexity index is 616. The molecule has 0 saturated heterocycles. The molecule has 0 fully saturated rings. The van der Waals surface area contributed by atoms with Crippen molar-refractivity contribution in [1.29, 1.82) is 0 Å². The number of benzene rings is 1.